The molecular formula is C13H23NOS. The molecule has 1 aromatic heterocycles. The lowest BCUT2D eigenvalue weighted by molar-refractivity contribution is -0.00532. The normalized spacial score (nSPS) is 13.2. The van der Waals surface area contributed by atoms with Crippen LogP contribution in [0.1, 0.15) is 43.0 Å². The first kappa shape index (κ1) is 13.7. The molecule has 1 rings (SSSR count). The van der Waals surface area contributed by atoms with E-state index in [1.165, 1.54) is 15.3 Å². The van der Waals surface area contributed by atoms with Gasteiger partial charge in [0.25, 0.3) is 0 Å². The van der Waals surface area contributed by atoms with Crippen molar-refractivity contribution >= 4 is 11.3 Å². The number of rotatable bonds is 4. The molecule has 0 spiro atoms. The molecule has 0 bridgehead atoms. The monoisotopic (exact) mass is 241 g/mol. The number of aliphatic hydroxyl groups is 1. The largest absolute Gasteiger partial charge is 0.389 e. The molecule has 0 amide bonds. The lowest BCUT2D eigenvalue weighted by atomic mass is 9.86. The van der Waals surface area contributed by atoms with Gasteiger partial charge in [-0.25, -0.2) is 0 Å². The zero-order valence-electron chi connectivity index (χ0n) is 11.1. The lowest BCUT2D eigenvalue weighted by Crippen LogP contribution is -2.55. The van der Waals surface area contributed by atoms with Gasteiger partial charge in [0, 0.05) is 21.8 Å². The molecular weight excluding hydrogens is 218 g/mol. The van der Waals surface area contributed by atoms with Crippen molar-refractivity contribution in [3.63, 3.8) is 0 Å². The van der Waals surface area contributed by atoms with Crippen molar-refractivity contribution in [2.75, 3.05) is 0 Å². The summed E-state index contributed by atoms with van der Waals surface area (Å²) >= 11 is 1.82. The Morgan fingerprint density at radius 1 is 1.25 bits per heavy atom. The summed E-state index contributed by atoms with van der Waals surface area (Å²) in [6.45, 7) is 12.8. The molecule has 0 radical (unpaired) electrons. The van der Waals surface area contributed by atoms with Crippen LogP contribution in [-0.4, -0.2) is 16.2 Å². The Hall–Kier alpha value is -0.380. The molecule has 0 aliphatic heterocycles. The lowest BCUT2D eigenvalue weighted by Gasteiger charge is -2.38. The Morgan fingerprint density at radius 3 is 2.19 bits per heavy atom. The number of thiophene rings is 1. The van der Waals surface area contributed by atoms with Crippen LogP contribution in [0.5, 0.6) is 0 Å². The van der Waals surface area contributed by atoms with Crippen molar-refractivity contribution in [1.29, 1.82) is 0 Å². The zero-order valence-corrected chi connectivity index (χ0v) is 12.0. The van der Waals surface area contributed by atoms with Gasteiger partial charge in [0.1, 0.15) is 0 Å². The summed E-state index contributed by atoms with van der Waals surface area (Å²) in [5.41, 5.74) is 0.307. The standard InChI is InChI=1S/C13H23NOS/c1-9-7-11(10(2)16-9)8-14-12(3,4)13(5,6)15/h7,14-15H,8H2,1-6H3. The van der Waals surface area contributed by atoms with Crippen LogP contribution in [0.3, 0.4) is 0 Å². The summed E-state index contributed by atoms with van der Waals surface area (Å²) < 4.78 is 0. The van der Waals surface area contributed by atoms with Crippen molar-refractivity contribution in [2.45, 2.75) is 59.2 Å². The van der Waals surface area contributed by atoms with E-state index in [9.17, 15) is 5.11 Å². The quantitative estimate of drug-likeness (QED) is 0.849. The van der Waals surface area contributed by atoms with Gasteiger partial charge in [-0.05, 0) is 53.2 Å². The van der Waals surface area contributed by atoms with Gasteiger partial charge in [0.05, 0.1) is 5.60 Å². The van der Waals surface area contributed by atoms with Gasteiger partial charge < -0.3 is 10.4 Å². The fourth-order valence-corrected chi connectivity index (χ4v) is 2.34. The first-order valence-corrected chi connectivity index (χ1v) is 6.48. The topological polar surface area (TPSA) is 32.3 Å². The molecule has 16 heavy (non-hydrogen) atoms. The summed E-state index contributed by atoms with van der Waals surface area (Å²) in [5, 5.41) is 13.5. The second-order valence-electron chi connectivity index (χ2n) is 5.48. The van der Waals surface area contributed by atoms with Crippen LogP contribution in [0, 0.1) is 13.8 Å². The molecule has 0 aliphatic rings. The van der Waals surface area contributed by atoms with E-state index in [-0.39, 0.29) is 5.54 Å². The SMILES string of the molecule is Cc1cc(CNC(C)(C)C(C)(C)O)c(C)s1. The maximum absolute atomic E-state index is 10.0. The molecule has 0 unspecified atom stereocenters. The Kier molecular flexibility index (Phi) is 3.83. The Morgan fingerprint density at radius 2 is 1.81 bits per heavy atom. The van der Waals surface area contributed by atoms with Gasteiger partial charge in [-0.15, -0.1) is 11.3 Å². The molecule has 0 fully saturated rings. The third-order valence-corrected chi connectivity index (χ3v) is 4.40. The average Bonchev–Trinajstić information content (AvgIpc) is 2.39. The molecule has 1 aromatic rings. The zero-order chi connectivity index (χ0) is 12.6. The number of nitrogens with one attached hydrogen (secondary N) is 1. The third-order valence-electron chi connectivity index (χ3n) is 3.39. The molecule has 0 aliphatic carbocycles. The Balaban J connectivity index is 2.68. The van der Waals surface area contributed by atoms with Crippen molar-refractivity contribution in [2.24, 2.45) is 0 Å². The maximum atomic E-state index is 10.0. The third kappa shape index (κ3) is 3.06. The molecule has 2 N–H and O–H groups in total. The highest BCUT2D eigenvalue weighted by Crippen LogP contribution is 2.24. The van der Waals surface area contributed by atoms with Crippen LogP contribution in [0.25, 0.3) is 0 Å². The van der Waals surface area contributed by atoms with Gasteiger partial charge in [0.2, 0.25) is 0 Å². The molecule has 2 nitrogen and oxygen atoms in total. The van der Waals surface area contributed by atoms with Crippen LogP contribution < -0.4 is 5.32 Å². The van der Waals surface area contributed by atoms with Gasteiger partial charge in [0.15, 0.2) is 0 Å². The Bertz CT molecular complexity index is 360. The summed E-state index contributed by atoms with van der Waals surface area (Å²) in [5.74, 6) is 0. The minimum Gasteiger partial charge on any atom is -0.389 e. The van der Waals surface area contributed by atoms with Gasteiger partial charge >= 0.3 is 0 Å². The first-order chi connectivity index (χ1) is 7.13. The second-order valence-corrected chi connectivity index (χ2v) is 6.94. The summed E-state index contributed by atoms with van der Waals surface area (Å²) in [6.07, 6.45) is 0. The predicted molar refractivity (Wildman–Crippen MR) is 71.0 cm³/mol. The minimum atomic E-state index is -0.730. The summed E-state index contributed by atoms with van der Waals surface area (Å²) in [6, 6.07) is 2.22. The average molecular weight is 241 g/mol. The molecule has 0 aromatic carbocycles. The smallest absolute Gasteiger partial charge is 0.0767 e. The van der Waals surface area contributed by atoms with Crippen LogP contribution in [0.4, 0.5) is 0 Å². The second kappa shape index (κ2) is 4.47. The molecule has 0 saturated heterocycles. The predicted octanol–water partition coefficient (Wildman–Crippen LogP) is 3.00. The van der Waals surface area contributed by atoms with E-state index in [2.05, 4.69) is 25.2 Å². The number of hydrogen-bond acceptors (Lipinski definition) is 3. The van der Waals surface area contributed by atoms with Gasteiger partial charge in [-0.2, -0.15) is 0 Å². The fourth-order valence-electron chi connectivity index (χ4n) is 1.39. The van der Waals surface area contributed by atoms with Crippen molar-refractivity contribution < 1.29 is 5.11 Å². The highest BCUT2D eigenvalue weighted by molar-refractivity contribution is 7.12. The highest BCUT2D eigenvalue weighted by atomic mass is 32.1. The molecule has 1 heterocycles. The van der Waals surface area contributed by atoms with Crippen LogP contribution in [-0.2, 0) is 6.54 Å². The van der Waals surface area contributed by atoms with E-state index in [0.29, 0.717) is 0 Å². The highest BCUT2D eigenvalue weighted by Gasteiger charge is 2.34. The number of hydrogen-bond donors (Lipinski definition) is 2. The fraction of sp³-hybridized carbons (Fsp3) is 0.692. The van der Waals surface area contributed by atoms with E-state index in [4.69, 9.17) is 0 Å². The van der Waals surface area contributed by atoms with E-state index >= 15 is 0 Å². The Labute approximate surface area is 103 Å². The van der Waals surface area contributed by atoms with E-state index in [1.807, 2.05) is 39.0 Å². The van der Waals surface area contributed by atoms with Crippen molar-refractivity contribution in [3.05, 3.63) is 21.4 Å². The van der Waals surface area contributed by atoms with Crippen molar-refractivity contribution in [3.8, 4) is 0 Å². The van der Waals surface area contributed by atoms with Gasteiger partial charge in [-0.3, -0.25) is 0 Å². The van der Waals surface area contributed by atoms with Crippen LogP contribution in [0.15, 0.2) is 6.07 Å². The molecule has 3 heteroatoms. The molecule has 0 atom stereocenters. The van der Waals surface area contributed by atoms with E-state index < -0.39 is 5.60 Å². The number of aryl methyl sites for hydroxylation is 2. The maximum Gasteiger partial charge on any atom is 0.0767 e. The summed E-state index contributed by atoms with van der Waals surface area (Å²) in [7, 11) is 0. The molecule has 92 valence electrons. The van der Waals surface area contributed by atoms with E-state index in [1.54, 1.807) is 0 Å². The van der Waals surface area contributed by atoms with Crippen LogP contribution in [0.2, 0.25) is 0 Å². The minimum absolute atomic E-state index is 0.296. The molecule has 0 saturated carbocycles. The van der Waals surface area contributed by atoms with Crippen molar-refractivity contribution in [1.82, 2.24) is 5.32 Å². The van der Waals surface area contributed by atoms with Gasteiger partial charge in [-0.1, -0.05) is 0 Å². The first-order valence-electron chi connectivity index (χ1n) is 5.67. The summed E-state index contributed by atoms with van der Waals surface area (Å²) in [4.78, 5) is 2.70. The van der Waals surface area contributed by atoms with Crippen LogP contribution >= 0.6 is 11.3 Å². The van der Waals surface area contributed by atoms with E-state index in [0.717, 1.165) is 6.54 Å².